The maximum atomic E-state index is 11.6. The van der Waals surface area contributed by atoms with E-state index in [2.05, 4.69) is 0 Å². The second kappa shape index (κ2) is 5.49. The maximum absolute atomic E-state index is 11.6. The summed E-state index contributed by atoms with van der Waals surface area (Å²) in [6.07, 6.45) is 0.879. The van der Waals surface area contributed by atoms with E-state index in [0.29, 0.717) is 22.3 Å². The van der Waals surface area contributed by atoms with E-state index in [4.69, 9.17) is 15.4 Å². The summed E-state index contributed by atoms with van der Waals surface area (Å²) in [4.78, 5) is 10.8. The molecule has 0 aromatic heterocycles. The average molecular weight is 380 g/mol. The van der Waals surface area contributed by atoms with Crippen molar-refractivity contribution in [2.45, 2.75) is 9.79 Å². The van der Waals surface area contributed by atoms with Gasteiger partial charge in [0.15, 0.2) is 0 Å². The number of hydrogen-bond acceptors (Lipinski definition) is 5. The Morgan fingerprint density at radius 3 is 1.52 bits per heavy atom. The average Bonchev–Trinajstić information content (AvgIpc) is 2.78. The predicted octanol–water partition coefficient (Wildman–Crippen LogP) is 0.478. The van der Waals surface area contributed by atoms with Crippen molar-refractivity contribution in [2.24, 2.45) is 10.3 Å². The van der Waals surface area contributed by atoms with Crippen molar-refractivity contribution in [1.29, 1.82) is 0 Å². The third-order valence-electron chi connectivity index (χ3n) is 3.78. The molecule has 2 aromatic carbocycles. The molecule has 0 heterocycles. The lowest BCUT2D eigenvalue weighted by atomic mass is 10.0. The topological polar surface area (TPSA) is 158 Å². The van der Waals surface area contributed by atoms with E-state index in [1.165, 1.54) is 36.4 Å². The highest BCUT2D eigenvalue weighted by atomic mass is 32.2. The fraction of sp³-hybridized carbons (Fsp3) is 0. The van der Waals surface area contributed by atoms with Gasteiger partial charge in [0, 0.05) is 6.08 Å². The number of carboxylic acid groups (broad SMARTS) is 1. The zero-order valence-corrected chi connectivity index (χ0v) is 14.1. The molecule has 3 rings (SSSR count). The Bertz CT molecular complexity index is 1080. The highest BCUT2D eigenvalue weighted by Crippen LogP contribution is 2.45. The van der Waals surface area contributed by atoms with Gasteiger partial charge in [-0.15, -0.1) is 0 Å². The first kappa shape index (κ1) is 17.3. The number of rotatable bonds is 3. The molecular weight excluding hydrogens is 368 g/mol. The summed E-state index contributed by atoms with van der Waals surface area (Å²) in [6.45, 7) is 0. The monoisotopic (exact) mass is 380 g/mol. The fourth-order valence-electron chi connectivity index (χ4n) is 2.74. The minimum atomic E-state index is -3.99. The molecule has 130 valence electrons. The SMILES string of the molecule is NS(=O)(=O)c1ccc2c(c1)C(=CC(=O)O)c1cc(S(N)(=O)=O)ccc1-2. The van der Waals surface area contributed by atoms with Gasteiger partial charge in [-0.05, 0) is 52.1 Å². The first-order valence-corrected chi connectivity index (χ1v) is 9.87. The van der Waals surface area contributed by atoms with Crippen LogP contribution in [0, 0.1) is 0 Å². The van der Waals surface area contributed by atoms with Crippen molar-refractivity contribution < 1.29 is 26.7 Å². The molecule has 5 N–H and O–H groups in total. The van der Waals surface area contributed by atoms with E-state index in [1.807, 2.05) is 0 Å². The molecule has 0 atom stereocenters. The zero-order valence-electron chi connectivity index (χ0n) is 12.5. The van der Waals surface area contributed by atoms with Gasteiger partial charge in [-0.3, -0.25) is 0 Å². The number of primary sulfonamides is 2. The molecule has 8 nitrogen and oxygen atoms in total. The fourth-order valence-corrected chi connectivity index (χ4v) is 3.82. The molecular formula is C15H12N2O6S2. The zero-order chi connectivity index (χ0) is 18.6. The summed E-state index contributed by atoms with van der Waals surface area (Å²) in [6, 6.07) is 8.11. The molecule has 0 amide bonds. The van der Waals surface area contributed by atoms with Crippen molar-refractivity contribution >= 4 is 31.6 Å². The molecule has 0 bridgehead atoms. The number of aliphatic carboxylic acids is 1. The molecule has 0 radical (unpaired) electrons. The molecule has 25 heavy (non-hydrogen) atoms. The van der Waals surface area contributed by atoms with E-state index in [0.717, 1.165) is 6.08 Å². The van der Waals surface area contributed by atoms with E-state index >= 15 is 0 Å². The number of carbonyl (C=O) groups is 1. The Morgan fingerprint density at radius 1 is 0.800 bits per heavy atom. The minimum Gasteiger partial charge on any atom is -0.478 e. The van der Waals surface area contributed by atoms with Crippen LogP contribution in [-0.2, 0) is 24.8 Å². The number of carboxylic acids is 1. The summed E-state index contributed by atoms with van der Waals surface area (Å²) in [5, 5.41) is 19.4. The van der Waals surface area contributed by atoms with Crippen LogP contribution < -0.4 is 10.3 Å². The van der Waals surface area contributed by atoms with Gasteiger partial charge in [-0.25, -0.2) is 31.9 Å². The molecule has 0 aliphatic heterocycles. The van der Waals surface area contributed by atoms with Gasteiger partial charge in [0.05, 0.1) is 9.79 Å². The lowest BCUT2D eigenvalue weighted by molar-refractivity contribution is -0.131. The van der Waals surface area contributed by atoms with E-state index < -0.39 is 26.0 Å². The Hall–Kier alpha value is -2.53. The molecule has 0 unspecified atom stereocenters. The smallest absolute Gasteiger partial charge is 0.328 e. The van der Waals surface area contributed by atoms with Crippen LogP contribution in [0.2, 0.25) is 0 Å². The largest absolute Gasteiger partial charge is 0.478 e. The summed E-state index contributed by atoms with van der Waals surface area (Å²) in [5.41, 5.74) is 1.96. The van der Waals surface area contributed by atoms with Crippen LogP contribution in [0.25, 0.3) is 16.7 Å². The van der Waals surface area contributed by atoms with Gasteiger partial charge in [-0.2, -0.15) is 0 Å². The second-order valence-electron chi connectivity index (χ2n) is 5.40. The highest BCUT2D eigenvalue weighted by Gasteiger charge is 2.27. The van der Waals surface area contributed by atoms with Crippen molar-refractivity contribution in [2.75, 3.05) is 0 Å². The molecule has 0 fully saturated rings. The van der Waals surface area contributed by atoms with Crippen molar-refractivity contribution in [3.63, 3.8) is 0 Å². The lowest BCUT2D eigenvalue weighted by Crippen LogP contribution is -2.12. The van der Waals surface area contributed by atoms with Crippen LogP contribution in [0.3, 0.4) is 0 Å². The van der Waals surface area contributed by atoms with Gasteiger partial charge in [0.25, 0.3) is 0 Å². The van der Waals surface area contributed by atoms with Crippen molar-refractivity contribution in [3.8, 4) is 11.1 Å². The van der Waals surface area contributed by atoms with Crippen LogP contribution in [0.4, 0.5) is 0 Å². The van der Waals surface area contributed by atoms with Gasteiger partial charge >= 0.3 is 5.97 Å². The van der Waals surface area contributed by atoms with Crippen LogP contribution in [0.15, 0.2) is 52.3 Å². The summed E-state index contributed by atoms with van der Waals surface area (Å²) < 4.78 is 46.3. The maximum Gasteiger partial charge on any atom is 0.328 e. The van der Waals surface area contributed by atoms with Gasteiger partial charge in [0.1, 0.15) is 0 Å². The minimum absolute atomic E-state index is 0.175. The third kappa shape index (κ3) is 3.07. The number of benzene rings is 2. The first-order chi connectivity index (χ1) is 11.5. The van der Waals surface area contributed by atoms with E-state index in [1.54, 1.807) is 0 Å². The van der Waals surface area contributed by atoms with Crippen LogP contribution in [-0.4, -0.2) is 27.9 Å². The van der Waals surface area contributed by atoms with Crippen LogP contribution in [0.1, 0.15) is 11.1 Å². The summed E-state index contributed by atoms with van der Waals surface area (Å²) in [5.74, 6) is -1.27. The van der Waals surface area contributed by atoms with Crippen LogP contribution >= 0.6 is 0 Å². The molecule has 1 aliphatic carbocycles. The lowest BCUT2D eigenvalue weighted by Gasteiger charge is -2.04. The number of nitrogens with two attached hydrogens (primary N) is 2. The highest BCUT2D eigenvalue weighted by molar-refractivity contribution is 7.89. The molecule has 1 aliphatic rings. The molecule has 0 saturated carbocycles. The first-order valence-electron chi connectivity index (χ1n) is 6.78. The quantitative estimate of drug-likeness (QED) is 0.561. The summed E-state index contributed by atoms with van der Waals surface area (Å²) in [7, 11) is -7.97. The molecule has 0 saturated heterocycles. The Kier molecular flexibility index (Phi) is 3.80. The van der Waals surface area contributed by atoms with Gasteiger partial charge in [-0.1, -0.05) is 12.1 Å². The third-order valence-corrected chi connectivity index (χ3v) is 5.60. The second-order valence-corrected chi connectivity index (χ2v) is 8.52. The Morgan fingerprint density at radius 2 is 1.20 bits per heavy atom. The van der Waals surface area contributed by atoms with Crippen LogP contribution in [0.5, 0.6) is 0 Å². The normalized spacial score (nSPS) is 13.3. The van der Waals surface area contributed by atoms with E-state index in [9.17, 15) is 21.6 Å². The predicted molar refractivity (Wildman–Crippen MR) is 89.3 cm³/mol. The Labute approximate surface area is 143 Å². The van der Waals surface area contributed by atoms with Crippen molar-refractivity contribution in [3.05, 3.63) is 53.6 Å². The molecule has 2 aromatic rings. The number of hydrogen-bond donors (Lipinski definition) is 3. The molecule has 0 spiro atoms. The van der Waals surface area contributed by atoms with Gasteiger partial charge in [0.2, 0.25) is 20.0 Å². The van der Waals surface area contributed by atoms with Gasteiger partial charge < -0.3 is 5.11 Å². The number of fused-ring (bicyclic) bond motifs is 3. The standard InChI is InChI=1S/C15H12N2O6S2/c16-24(20,21)8-1-3-10-11-4-2-9(25(17,22)23)6-13(11)14(7-15(18)19)12(10)5-8/h1-7H,(H,18,19)(H2,16,20,21)(H2,17,22,23). The summed E-state index contributed by atoms with van der Waals surface area (Å²) >= 11 is 0. The molecule has 10 heteroatoms. The van der Waals surface area contributed by atoms with E-state index in [-0.39, 0.29) is 15.4 Å². The number of sulfonamides is 2. The van der Waals surface area contributed by atoms with Crippen molar-refractivity contribution in [1.82, 2.24) is 0 Å². The Balaban J connectivity index is 2.35.